The first-order chi connectivity index (χ1) is 6.28. The molecule has 10 heteroatoms. The van der Waals surface area contributed by atoms with Crippen LogP contribution in [0.4, 0.5) is 0 Å². The molecular formula is C5H13O9P. The molecule has 0 radical (unpaired) electrons. The van der Waals surface area contributed by atoms with Crippen LogP contribution in [0.3, 0.4) is 0 Å². The quantitative estimate of drug-likeness (QED) is 0.301. The minimum absolute atomic E-state index is 0. The predicted octanol–water partition coefficient (Wildman–Crippen LogP) is -3.45. The van der Waals surface area contributed by atoms with Crippen LogP contribution in [-0.2, 0) is 13.9 Å². The number of ketones is 1. The molecule has 0 heterocycles. The van der Waals surface area contributed by atoms with E-state index in [1.165, 1.54) is 0 Å². The summed E-state index contributed by atoms with van der Waals surface area (Å²) in [5.41, 5.74) is 0. The number of aliphatic hydroxyl groups is 3. The number of hydrogen-bond acceptors (Lipinski definition) is 6. The third-order valence-corrected chi connectivity index (χ3v) is 1.75. The average Bonchev–Trinajstić information content (AvgIpc) is 2.10. The highest BCUT2D eigenvalue weighted by Gasteiger charge is 2.26. The number of Topliss-reactive ketones (excluding diaryl/α,β-unsaturated/α-hetero) is 1. The van der Waals surface area contributed by atoms with Crippen LogP contribution < -0.4 is 0 Å². The van der Waals surface area contributed by atoms with Gasteiger partial charge in [-0.3, -0.25) is 9.32 Å². The summed E-state index contributed by atoms with van der Waals surface area (Å²) in [6.07, 6.45) is -3.71. The largest absolute Gasteiger partial charge is 0.469 e. The molecule has 0 aliphatic carbocycles. The molecule has 0 aliphatic heterocycles. The lowest BCUT2D eigenvalue weighted by atomic mass is 10.1. The minimum Gasteiger partial charge on any atom is -0.412 e. The van der Waals surface area contributed by atoms with Gasteiger partial charge in [-0.15, -0.1) is 0 Å². The molecule has 92 valence electrons. The van der Waals surface area contributed by atoms with E-state index in [1.54, 1.807) is 0 Å². The second-order valence-corrected chi connectivity index (χ2v) is 3.66. The van der Waals surface area contributed by atoms with E-state index < -0.39 is 39.0 Å². The Morgan fingerprint density at radius 1 is 1.33 bits per heavy atom. The van der Waals surface area contributed by atoms with E-state index >= 15 is 0 Å². The molecule has 0 fully saturated rings. The second kappa shape index (κ2) is 6.99. The van der Waals surface area contributed by atoms with Crippen molar-refractivity contribution in [2.45, 2.75) is 12.2 Å². The normalized spacial score (nSPS) is 15.3. The summed E-state index contributed by atoms with van der Waals surface area (Å²) in [7, 11) is -4.74. The smallest absolute Gasteiger partial charge is 0.412 e. The number of carbonyl (C=O) groups is 1. The van der Waals surface area contributed by atoms with Gasteiger partial charge < -0.3 is 30.6 Å². The van der Waals surface area contributed by atoms with Gasteiger partial charge in [-0.2, -0.15) is 0 Å². The van der Waals surface area contributed by atoms with Crippen LogP contribution in [-0.4, -0.2) is 61.8 Å². The van der Waals surface area contributed by atoms with Crippen LogP contribution in [0.2, 0.25) is 0 Å². The van der Waals surface area contributed by atoms with E-state index in [1.807, 2.05) is 0 Å². The summed E-state index contributed by atoms with van der Waals surface area (Å²) in [5, 5.41) is 26.1. The summed E-state index contributed by atoms with van der Waals surface area (Å²) >= 11 is 0. The lowest BCUT2D eigenvalue weighted by Gasteiger charge is -2.15. The van der Waals surface area contributed by atoms with E-state index in [2.05, 4.69) is 4.52 Å². The van der Waals surface area contributed by atoms with Gasteiger partial charge >= 0.3 is 7.82 Å². The number of carbonyl (C=O) groups excluding carboxylic acids is 1. The predicted molar refractivity (Wildman–Crippen MR) is 45.7 cm³/mol. The van der Waals surface area contributed by atoms with Gasteiger partial charge in [0.25, 0.3) is 0 Å². The molecule has 0 saturated carbocycles. The molecule has 9 nitrogen and oxygen atoms in total. The number of rotatable bonds is 6. The van der Waals surface area contributed by atoms with E-state index in [0.29, 0.717) is 0 Å². The Balaban J connectivity index is 0. The van der Waals surface area contributed by atoms with Crippen molar-refractivity contribution in [3.05, 3.63) is 0 Å². The van der Waals surface area contributed by atoms with Gasteiger partial charge in [0.05, 0.1) is 6.61 Å². The van der Waals surface area contributed by atoms with Gasteiger partial charge in [-0.05, 0) is 0 Å². The molecule has 15 heavy (non-hydrogen) atoms. The van der Waals surface area contributed by atoms with Gasteiger partial charge in [0.2, 0.25) is 0 Å². The fourth-order valence-electron chi connectivity index (χ4n) is 0.573. The maximum absolute atomic E-state index is 10.6. The monoisotopic (exact) mass is 248 g/mol. The first kappa shape index (κ1) is 17.0. The van der Waals surface area contributed by atoms with Crippen LogP contribution in [0.25, 0.3) is 0 Å². The van der Waals surface area contributed by atoms with Crippen LogP contribution in [0, 0.1) is 0 Å². The summed E-state index contributed by atoms with van der Waals surface area (Å²) in [5.74, 6) is -1.06. The Kier molecular flexibility index (Phi) is 7.93. The fourth-order valence-corrected chi connectivity index (χ4v) is 0.920. The number of phosphoric acid groups is 1. The van der Waals surface area contributed by atoms with Gasteiger partial charge in [0, 0.05) is 0 Å². The average molecular weight is 248 g/mol. The van der Waals surface area contributed by atoms with Crippen molar-refractivity contribution in [2.24, 2.45) is 0 Å². The number of phosphoric ester groups is 1. The fraction of sp³-hybridized carbons (Fsp3) is 0.800. The number of aliphatic hydroxyl groups excluding tert-OH is 3. The molecule has 2 atom stereocenters. The van der Waals surface area contributed by atoms with E-state index in [4.69, 9.17) is 25.1 Å². The summed E-state index contributed by atoms with van der Waals surface area (Å²) in [4.78, 5) is 27.0. The lowest BCUT2D eigenvalue weighted by molar-refractivity contribution is -0.137. The Bertz CT molecular complexity index is 235. The van der Waals surface area contributed by atoms with E-state index in [9.17, 15) is 9.36 Å². The SMILES string of the molecule is O.O=C(CO)C(O)C(O)COP(=O)(O)O. The highest BCUT2D eigenvalue weighted by atomic mass is 31.2. The highest BCUT2D eigenvalue weighted by Crippen LogP contribution is 2.35. The topological polar surface area (TPSA) is 176 Å². The van der Waals surface area contributed by atoms with E-state index in [0.717, 1.165) is 0 Å². The zero-order chi connectivity index (χ0) is 11.4. The third-order valence-electron chi connectivity index (χ3n) is 1.26. The molecule has 0 amide bonds. The maximum atomic E-state index is 10.6. The molecule has 2 unspecified atom stereocenters. The van der Waals surface area contributed by atoms with Gasteiger partial charge in [0.1, 0.15) is 18.8 Å². The van der Waals surface area contributed by atoms with Crippen LogP contribution in [0.1, 0.15) is 0 Å². The van der Waals surface area contributed by atoms with Gasteiger partial charge in [-0.1, -0.05) is 0 Å². The van der Waals surface area contributed by atoms with Gasteiger partial charge in [0.15, 0.2) is 5.78 Å². The van der Waals surface area contributed by atoms with Crippen molar-refractivity contribution in [3.63, 3.8) is 0 Å². The molecule has 0 aliphatic rings. The van der Waals surface area contributed by atoms with Crippen LogP contribution in [0.15, 0.2) is 0 Å². The molecule has 7 N–H and O–H groups in total. The van der Waals surface area contributed by atoms with Crippen molar-refractivity contribution >= 4 is 13.6 Å². The first-order valence-electron chi connectivity index (χ1n) is 3.47. The van der Waals surface area contributed by atoms with Crippen molar-refractivity contribution in [1.82, 2.24) is 0 Å². The Hall–Kier alpha value is -0.380. The molecule has 0 aromatic heterocycles. The van der Waals surface area contributed by atoms with Crippen molar-refractivity contribution in [3.8, 4) is 0 Å². The maximum Gasteiger partial charge on any atom is 0.469 e. The van der Waals surface area contributed by atoms with Crippen molar-refractivity contribution < 1.29 is 44.5 Å². The molecular weight excluding hydrogens is 235 g/mol. The van der Waals surface area contributed by atoms with Crippen molar-refractivity contribution in [2.75, 3.05) is 13.2 Å². The zero-order valence-corrected chi connectivity index (χ0v) is 8.37. The summed E-state index contributed by atoms with van der Waals surface area (Å²) < 4.78 is 14.0. The Morgan fingerprint density at radius 2 is 1.80 bits per heavy atom. The first-order valence-corrected chi connectivity index (χ1v) is 5.00. The van der Waals surface area contributed by atoms with Gasteiger partial charge in [-0.25, -0.2) is 4.57 Å². The molecule has 0 bridgehead atoms. The number of hydrogen-bond donors (Lipinski definition) is 5. The molecule has 0 rings (SSSR count). The standard InChI is InChI=1S/C5H11O8P.H2O/c6-1-3(7)5(9)4(8)2-13-14(10,11)12;/h4-6,8-9H,1-2H2,(H2,10,11,12);1H2. The molecule has 0 aromatic carbocycles. The van der Waals surface area contributed by atoms with Crippen LogP contribution in [0.5, 0.6) is 0 Å². The Morgan fingerprint density at radius 3 is 2.13 bits per heavy atom. The summed E-state index contributed by atoms with van der Waals surface area (Å²) in [6, 6.07) is 0. The highest BCUT2D eigenvalue weighted by molar-refractivity contribution is 7.46. The summed E-state index contributed by atoms with van der Waals surface area (Å²) in [6.45, 7) is -1.88. The third kappa shape index (κ3) is 7.54. The minimum atomic E-state index is -4.74. The van der Waals surface area contributed by atoms with E-state index in [-0.39, 0.29) is 5.48 Å². The molecule has 0 spiro atoms. The molecule has 0 aromatic rings. The second-order valence-electron chi connectivity index (χ2n) is 2.42. The lowest BCUT2D eigenvalue weighted by Crippen LogP contribution is -2.38. The van der Waals surface area contributed by atoms with Crippen molar-refractivity contribution in [1.29, 1.82) is 0 Å². The van der Waals surface area contributed by atoms with Crippen LogP contribution >= 0.6 is 7.82 Å². The Labute approximate surface area is 84.5 Å². The zero-order valence-electron chi connectivity index (χ0n) is 7.48. The molecule has 0 saturated heterocycles.